The number of methoxy groups -OCH3 is 1. The fraction of sp³-hybridized carbons (Fsp3) is 0.333. The van der Waals surface area contributed by atoms with Crippen LogP contribution in [-0.4, -0.2) is 19.1 Å². The molecule has 0 unspecified atom stereocenters. The SMILES string of the molecule is COC(=O)c1cc(CNC(=O)N[C@@H](C)c2ccccc2C(F)(F)F)oc1C. The third kappa shape index (κ3) is 5.02. The lowest BCUT2D eigenvalue weighted by molar-refractivity contribution is -0.138. The van der Waals surface area contributed by atoms with E-state index in [9.17, 15) is 22.8 Å². The van der Waals surface area contributed by atoms with E-state index in [2.05, 4.69) is 15.4 Å². The van der Waals surface area contributed by atoms with Crippen molar-refractivity contribution in [3.63, 3.8) is 0 Å². The quantitative estimate of drug-likeness (QED) is 0.765. The first-order chi connectivity index (χ1) is 12.6. The van der Waals surface area contributed by atoms with E-state index >= 15 is 0 Å². The molecule has 6 nitrogen and oxygen atoms in total. The Balaban J connectivity index is 2.00. The minimum absolute atomic E-state index is 0.0398. The molecule has 2 N–H and O–H groups in total. The van der Waals surface area contributed by atoms with Gasteiger partial charge in [0.1, 0.15) is 17.1 Å². The Morgan fingerprint density at radius 2 is 1.93 bits per heavy atom. The van der Waals surface area contributed by atoms with E-state index in [1.165, 1.54) is 38.3 Å². The summed E-state index contributed by atoms with van der Waals surface area (Å²) in [6.07, 6.45) is -4.51. The Kier molecular flexibility index (Phi) is 6.14. The van der Waals surface area contributed by atoms with E-state index in [0.29, 0.717) is 11.5 Å². The zero-order valence-corrected chi connectivity index (χ0v) is 14.9. The van der Waals surface area contributed by atoms with Gasteiger partial charge in [-0.1, -0.05) is 18.2 Å². The summed E-state index contributed by atoms with van der Waals surface area (Å²) in [5.74, 6) is 0.0854. The molecule has 2 rings (SSSR count). The average molecular weight is 384 g/mol. The summed E-state index contributed by atoms with van der Waals surface area (Å²) in [7, 11) is 1.24. The average Bonchev–Trinajstić information content (AvgIpc) is 2.99. The molecule has 0 spiro atoms. The molecule has 0 saturated carbocycles. The van der Waals surface area contributed by atoms with Crippen LogP contribution in [-0.2, 0) is 17.5 Å². The van der Waals surface area contributed by atoms with Gasteiger partial charge >= 0.3 is 18.2 Å². The number of hydrogen-bond donors (Lipinski definition) is 2. The minimum Gasteiger partial charge on any atom is -0.465 e. The van der Waals surface area contributed by atoms with Gasteiger partial charge in [0, 0.05) is 0 Å². The van der Waals surface area contributed by atoms with Gasteiger partial charge in [-0.2, -0.15) is 13.2 Å². The summed E-state index contributed by atoms with van der Waals surface area (Å²) in [4.78, 5) is 23.5. The highest BCUT2D eigenvalue weighted by atomic mass is 19.4. The number of benzene rings is 1. The number of aryl methyl sites for hydroxylation is 1. The molecule has 0 fully saturated rings. The molecule has 0 aliphatic heterocycles. The lowest BCUT2D eigenvalue weighted by atomic mass is 10.0. The summed E-state index contributed by atoms with van der Waals surface area (Å²) in [5, 5.41) is 4.93. The van der Waals surface area contributed by atoms with Crippen molar-refractivity contribution >= 4 is 12.0 Å². The number of furan rings is 1. The van der Waals surface area contributed by atoms with Gasteiger partial charge in [-0.25, -0.2) is 9.59 Å². The van der Waals surface area contributed by atoms with Gasteiger partial charge in [0.15, 0.2) is 0 Å². The van der Waals surface area contributed by atoms with Crippen molar-refractivity contribution in [3.8, 4) is 0 Å². The molecule has 1 atom stereocenters. The molecule has 0 aliphatic rings. The van der Waals surface area contributed by atoms with Crippen molar-refractivity contribution in [1.82, 2.24) is 10.6 Å². The van der Waals surface area contributed by atoms with Crippen molar-refractivity contribution in [2.45, 2.75) is 32.6 Å². The van der Waals surface area contributed by atoms with E-state index in [1.54, 1.807) is 6.92 Å². The van der Waals surface area contributed by atoms with Crippen LogP contribution in [0, 0.1) is 6.92 Å². The van der Waals surface area contributed by atoms with Crippen LogP contribution in [0.5, 0.6) is 0 Å². The fourth-order valence-electron chi connectivity index (χ4n) is 2.57. The van der Waals surface area contributed by atoms with Crippen molar-refractivity contribution in [1.29, 1.82) is 0 Å². The van der Waals surface area contributed by atoms with Crippen molar-refractivity contribution in [3.05, 3.63) is 58.5 Å². The molecule has 0 radical (unpaired) electrons. The number of rotatable bonds is 5. The molecule has 0 saturated heterocycles. The van der Waals surface area contributed by atoms with Crippen LogP contribution in [0.2, 0.25) is 0 Å². The number of alkyl halides is 3. The van der Waals surface area contributed by atoms with E-state index in [1.807, 2.05) is 0 Å². The molecule has 1 heterocycles. The largest absolute Gasteiger partial charge is 0.465 e. The maximum absolute atomic E-state index is 13.1. The first-order valence-corrected chi connectivity index (χ1v) is 8.01. The second-order valence-corrected chi connectivity index (χ2v) is 5.81. The standard InChI is InChI=1S/C18H19F3N2O4/c1-10(13-6-4-5-7-15(13)18(19,20)21)23-17(25)22-9-12-8-14(11(2)27-12)16(24)26-3/h4-8,10H,9H2,1-3H3,(H2,22,23,25)/t10-/m0/s1. The Hall–Kier alpha value is -2.97. The van der Waals surface area contributed by atoms with Crippen LogP contribution >= 0.6 is 0 Å². The third-order valence-electron chi connectivity index (χ3n) is 3.88. The highest BCUT2D eigenvalue weighted by molar-refractivity contribution is 5.90. The first-order valence-electron chi connectivity index (χ1n) is 8.01. The lowest BCUT2D eigenvalue weighted by Crippen LogP contribution is -2.37. The van der Waals surface area contributed by atoms with Gasteiger partial charge in [-0.3, -0.25) is 0 Å². The van der Waals surface area contributed by atoms with Crippen LogP contribution in [0.25, 0.3) is 0 Å². The molecule has 27 heavy (non-hydrogen) atoms. The van der Waals surface area contributed by atoms with Crippen LogP contribution < -0.4 is 10.6 Å². The molecule has 0 bridgehead atoms. The topological polar surface area (TPSA) is 80.6 Å². The lowest BCUT2D eigenvalue weighted by Gasteiger charge is -2.19. The van der Waals surface area contributed by atoms with Crippen LogP contribution in [0.1, 0.15) is 46.0 Å². The smallest absolute Gasteiger partial charge is 0.416 e. The number of amides is 2. The predicted molar refractivity (Wildman–Crippen MR) is 90.0 cm³/mol. The normalized spacial score (nSPS) is 12.4. The zero-order valence-electron chi connectivity index (χ0n) is 14.9. The molecule has 146 valence electrons. The van der Waals surface area contributed by atoms with Crippen molar-refractivity contribution in [2.75, 3.05) is 7.11 Å². The highest BCUT2D eigenvalue weighted by Gasteiger charge is 2.34. The number of carbonyl (C=O) groups excluding carboxylic acids is 2. The predicted octanol–water partition coefficient (Wildman–Crippen LogP) is 3.95. The molecule has 2 aromatic rings. The monoisotopic (exact) mass is 384 g/mol. The summed E-state index contributed by atoms with van der Waals surface area (Å²) in [5.41, 5.74) is -0.605. The number of nitrogens with one attached hydrogen (secondary N) is 2. The van der Waals surface area contributed by atoms with Crippen LogP contribution in [0.3, 0.4) is 0 Å². The van der Waals surface area contributed by atoms with E-state index < -0.39 is 29.8 Å². The highest BCUT2D eigenvalue weighted by Crippen LogP contribution is 2.34. The van der Waals surface area contributed by atoms with Gasteiger partial charge in [-0.05, 0) is 31.5 Å². The van der Waals surface area contributed by atoms with E-state index in [4.69, 9.17) is 4.42 Å². The van der Waals surface area contributed by atoms with Gasteiger partial charge in [0.25, 0.3) is 0 Å². The molecular weight excluding hydrogens is 365 g/mol. The summed E-state index contributed by atoms with van der Waals surface area (Å²) in [6.45, 7) is 2.99. The molecule has 1 aromatic carbocycles. The van der Waals surface area contributed by atoms with Gasteiger partial charge in [0.2, 0.25) is 0 Å². The van der Waals surface area contributed by atoms with Gasteiger partial charge in [-0.15, -0.1) is 0 Å². The molecule has 9 heteroatoms. The molecule has 0 aliphatic carbocycles. The molecule has 1 aromatic heterocycles. The number of carbonyl (C=O) groups is 2. The zero-order chi connectivity index (χ0) is 20.2. The number of halogens is 3. The van der Waals surface area contributed by atoms with Crippen molar-refractivity contribution < 1.29 is 31.9 Å². The number of ether oxygens (including phenoxy) is 1. The van der Waals surface area contributed by atoms with Crippen molar-refractivity contribution in [2.24, 2.45) is 0 Å². The second kappa shape index (κ2) is 8.15. The fourth-order valence-corrected chi connectivity index (χ4v) is 2.57. The van der Waals surface area contributed by atoms with Gasteiger partial charge < -0.3 is 19.8 Å². The Labute approximate surface area is 153 Å². The van der Waals surface area contributed by atoms with Gasteiger partial charge in [0.05, 0.1) is 25.3 Å². The molecular formula is C18H19F3N2O4. The van der Waals surface area contributed by atoms with E-state index in [-0.39, 0.29) is 17.7 Å². The summed E-state index contributed by atoms with van der Waals surface area (Å²) in [6, 6.07) is 4.93. The maximum atomic E-state index is 13.1. The maximum Gasteiger partial charge on any atom is 0.416 e. The number of urea groups is 1. The molecule has 2 amide bonds. The van der Waals surface area contributed by atoms with Crippen LogP contribution in [0.15, 0.2) is 34.7 Å². The summed E-state index contributed by atoms with van der Waals surface area (Å²) >= 11 is 0. The minimum atomic E-state index is -4.51. The Morgan fingerprint density at radius 1 is 1.26 bits per heavy atom. The first kappa shape index (κ1) is 20.3. The number of esters is 1. The Morgan fingerprint density at radius 3 is 2.56 bits per heavy atom. The van der Waals surface area contributed by atoms with E-state index in [0.717, 1.165) is 6.07 Å². The second-order valence-electron chi connectivity index (χ2n) is 5.81. The number of hydrogen-bond acceptors (Lipinski definition) is 4. The van der Waals surface area contributed by atoms with Crippen LogP contribution in [0.4, 0.5) is 18.0 Å². The summed E-state index contributed by atoms with van der Waals surface area (Å²) < 4.78 is 49.2. The Bertz CT molecular complexity index is 830. The third-order valence-corrected chi connectivity index (χ3v) is 3.88.